The summed E-state index contributed by atoms with van der Waals surface area (Å²) in [5.41, 5.74) is 1.03. The summed E-state index contributed by atoms with van der Waals surface area (Å²) in [6, 6.07) is 8.75. The van der Waals surface area contributed by atoms with Gasteiger partial charge < -0.3 is 24.6 Å². The first-order chi connectivity index (χ1) is 19.5. The molecule has 1 atom stereocenters. The van der Waals surface area contributed by atoms with Gasteiger partial charge in [-0.1, -0.05) is 12.1 Å². The standard InChI is InChI=1S/C27H34F2N8O3/c28-25(29)26-31-20-3-1-2-4-21(20)37(26)23-15-22(32-27(33-23)35-9-13-40-14-10-35)30-16-19-5-6-36(17-19)24(38)18-34-7-11-39-12-8-34/h1-4,15,19,25H,5-14,16-18H2,(H,30,32,33)/t19-/m1/s1. The van der Waals surface area contributed by atoms with E-state index < -0.39 is 6.43 Å². The minimum absolute atomic E-state index is 0.148. The Balaban J connectivity index is 1.21. The van der Waals surface area contributed by atoms with Crippen molar-refractivity contribution in [2.45, 2.75) is 12.8 Å². The fourth-order valence-electron chi connectivity index (χ4n) is 5.49. The SMILES string of the molecule is O=C(CN1CCOCC1)N1CC[C@H](CNc2cc(-n3c(C(F)F)nc4ccccc43)nc(N3CCOCC3)n2)C1. The lowest BCUT2D eigenvalue weighted by Crippen LogP contribution is -2.44. The number of morpholine rings is 2. The van der Waals surface area contributed by atoms with Gasteiger partial charge in [0.15, 0.2) is 5.82 Å². The van der Waals surface area contributed by atoms with Crippen LogP contribution in [-0.2, 0) is 14.3 Å². The molecule has 3 aliphatic heterocycles. The van der Waals surface area contributed by atoms with Crippen molar-refractivity contribution < 1.29 is 23.0 Å². The van der Waals surface area contributed by atoms with Crippen LogP contribution < -0.4 is 10.2 Å². The number of benzene rings is 1. The number of imidazole rings is 1. The predicted octanol–water partition coefficient (Wildman–Crippen LogP) is 2.18. The number of anilines is 2. The van der Waals surface area contributed by atoms with Gasteiger partial charge in [-0.3, -0.25) is 14.3 Å². The maximum absolute atomic E-state index is 14.1. The first-order valence-electron chi connectivity index (χ1n) is 13.8. The monoisotopic (exact) mass is 556 g/mol. The largest absolute Gasteiger partial charge is 0.379 e. The molecule has 3 aromatic rings. The topological polar surface area (TPSA) is 101 Å². The number of rotatable bonds is 8. The maximum Gasteiger partial charge on any atom is 0.296 e. The highest BCUT2D eigenvalue weighted by Crippen LogP contribution is 2.29. The second kappa shape index (κ2) is 12.0. The number of ether oxygens (including phenoxy) is 2. The third-order valence-corrected chi connectivity index (χ3v) is 7.68. The minimum atomic E-state index is -2.77. The van der Waals surface area contributed by atoms with Crippen molar-refractivity contribution >= 4 is 28.7 Å². The van der Waals surface area contributed by atoms with Crippen LogP contribution in [-0.4, -0.2) is 114 Å². The number of carbonyl (C=O) groups excluding carboxylic acids is 1. The lowest BCUT2D eigenvalue weighted by molar-refractivity contribution is -0.132. The van der Waals surface area contributed by atoms with Crippen molar-refractivity contribution in [3.8, 4) is 5.82 Å². The molecule has 40 heavy (non-hydrogen) atoms. The van der Waals surface area contributed by atoms with Gasteiger partial charge >= 0.3 is 0 Å². The van der Waals surface area contributed by atoms with Crippen molar-refractivity contribution in [2.75, 3.05) is 89.0 Å². The summed E-state index contributed by atoms with van der Waals surface area (Å²) in [4.78, 5) is 32.5. The molecule has 0 saturated carbocycles. The second-order valence-electron chi connectivity index (χ2n) is 10.4. The van der Waals surface area contributed by atoms with Gasteiger partial charge in [-0.15, -0.1) is 0 Å². The van der Waals surface area contributed by atoms with Gasteiger partial charge in [0.05, 0.1) is 44.0 Å². The molecule has 3 fully saturated rings. The van der Waals surface area contributed by atoms with Crippen LogP contribution in [0.15, 0.2) is 30.3 Å². The zero-order valence-corrected chi connectivity index (χ0v) is 22.3. The van der Waals surface area contributed by atoms with E-state index in [4.69, 9.17) is 19.4 Å². The molecule has 0 radical (unpaired) electrons. The number of alkyl halides is 2. The molecule has 11 nitrogen and oxygen atoms in total. The molecular formula is C27H34F2N8O3. The highest BCUT2D eigenvalue weighted by Gasteiger charge is 2.28. The van der Waals surface area contributed by atoms with E-state index >= 15 is 0 Å². The molecule has 1 N–H and O–H groups in total. The van der Waals surface area contributed by atoms with Gasteiger partial charge in [0.2, 0.25) is 11.9 Å². The highest BCUT2D eigenvalue weighted by molar-refractivity contribution is 5.79. The molecule has 0 bridgehead atoms. The molecule has 5 heterocycles. The Morgan fingerprint density at radius 3 is 2.52 bits per heavy atom. The fraction of sp³-hybridized carbons (Fsp3) is 0.556. The average molecular weight is 557 g/mol. The number of para-hydroxylation sites is 2. The molecule has 6 rings (SSSR count). The number of carbonyl (C=O) groups is 1. The van der Waals surface area contributed by atoms with Crippen molar-refractivity contribution in [3.63, 3.8) is 0 Å². The van der Waals surface area contributed by atoms with Crippen LogP contribution in [0.4, 0.5) is 20.5 Å². The summed E-state index contributed by atoms with van der Waals surface area (Å²) in [5.74, 6) is 1.37. The normalized spacial score (nSPS) is 20.5. The summed E-state index contributed by atoms with van der Waals surface area (Å²) in [5, 5.41) is 3.41. The average Bonchev–Trinajstić information content (AvgIpc) is 3.62. The molecule has 2 aromatic heterocycles. The summed E-state index contributed by atoms with van der Waals surface area (Å²) in [7, 11) is 0. The van der Waals surface area contributed by atoms with Crippen LogP contribution in [0.25, 0.3) is 16.9 Å². The maximum atomic E-state index is 14.1. The molecule has 0 aliphatic carbocycles. The number of nitrogens with one attached hydrogen (secondary N) is 1. The van der Waals surface area contributed by atoms with E-state index in [1.807, 2.05) is 9.80 Å². The number of hydrogen-bond acceptors (Lipinski definition) is 9. The van der Waals surface area contributed by atoms with Gasteiger partial charge in [0.1, 0.15) is 11.6 Å². The van der Waals surface area contributed by atoms with Crippen LogP contribution in [0.3, 0.4) is 0 Å². The third kappa shape index (κ3) is 5.86. The summed E-state index contributed by atoms with van der Waals surface area (Å²) < 4.78 is 40.5. The highest BCUT2D eigenvalue weighted by atomic mass is 19.3. The van der Waals surface area contributed by atoms with Crippen molar-refractivity contribution in [3.05, 3.63) is 36.2 Å². The zero-order chi connectivity index (χ0) is 27.5. The van der Waals surface area contributed by atoms with Gasteiger partial charge in [-0.05, 0) is 24.5 Å². The Morgan fingerprint density at radius 2 is 1.75 bits per heavy atom. The molecule has 214 valence electrons. The van der Waals surface area contributed by atoms with E-state index in [0.29, 0.717) is 87.8 Å². The minimum Gasteiger partial charge on any atom is -0.379 e. The van der Waals surface area contributed by atoms with E-state index in [2.05, 4.69) is 15.2 Å². The van der Waals surface area contributed by atoms with Gasteiger partial charge in [0.25, 0.3) is 6.43 Å². The molecule has 3 saturated heterocycles. The van der Waals surface area contributed by atoms with Crippen LogP contribution in [0.2, 0.25) is 0 Å². The second-order valence-corrected chi connectivity index (χ2v) is 10.4. The van der Waals surface area contributed by atoms with Crippen LogP contribution >= 0.6 is 0 Å². The van der Waals surface area contributed by atoms with Crippen LogP contribution in [0, 0.1) is 5.92 Å². The number of halogens is 2. The molecule has 3 aliphatic rings. The van der Waals surface area contributed by atoms with E-state index in [1.165, 1.54) is 4.57 Å². The summed E-state index contributed by atoms with van der Waals surface area (Å²) >= 11 is 0. The van der Waals surface area contributed by atoms with Crippen LogP contribution in [0.5, 0.6) is 0 Å². The number of amides is 1. The predicted molar refractivity (Wildman–Crippen MR) is 145 cm³/mol. The molecule has 0 spiro atoms. The van der Waals surface area contributed by atoms with Crippen LogP contribution in [0.1, 0.15) is 18.7 Å². The molecular weight excluding hydrogens is 522 g/mol. The number of aromatic nitrogens is 4. The van der Waals surface area contributed by atoms with Crippen molar-refractivity contribution in [2.24, 2.45) is 5.92 Å². The summed E-state index contributed by atoms with van der Waals surface area (Å²) in [6.07, 6.45) is -1.89. The number of hydrogen-bond donors (Lipinski definition) is 1. The Kier molecular flexibility index (Phi) is 8.03. The third-order valence-electron chi connectivity index (χ3n) is 7.68. The lowest BCUT2D eigenvalue weighted by Gasteiger charge is -2.28. The Bertz CT molecular complexity index is 1330. The number of fused-ring (bicyclic) bond motifs is 1. The van der Waals surface area contributed by atoms with E-state index in [0.717, 1.165) is 26.1 Å². The smallest absolute Gasteiger partial charge is 0.296 e. The van der Waals surface area contributed by atoms with E-state index in [9.17, 15) is 13.6 Å². The van der Waals surface area contributed by atoms with Gasteiger partial charge in [0, 0.05) is 51.9 Å². The Hall–Kier alpha value is -3.42. The molecule has 13 heteroatoms. The van der Waals surface area contributed by atoms with E-state index in [1.54, 1.807) is 30.3 Å². The van der Waals surface area contributed by atoms with Crippen molar-refractivity contribution in [1.82, 2.24) is 29.3 Å². The summed E-state index contributed by atoms with van der Waals surface area (Å²) in [6.45, 7) is 7.63. The lowest BCUT2D eigenvalue weighted by atomic mass is 10.1. The first-order valence-corrected chi connectivity index (χ1v) is 13.8. The fourth-order valence-corrected chi connectivity index (χ4v) is 5.49. The zero-order valence-electron chi connectivity index (χ0n) is 22.3. The van der Waals surface area contributed by atoms with Crippen molar-refractivity contribution in [1.29, 1.82) is 0 Å². The molecule has 1 amide bonds. The quantitative estimate of drug-likeness (QED) is 0.448. The van der Waals surface area contributed by atoms with Gasteiger partial charge in [-0.2, -0.15) is 9.97 Å². The molecule has 1 aromatic carbocycles. The number of nitrogens with zero attached hydrogens (tertiary/aromatic N) is 7. The number of likely N-dealkylation sites (tertiary alicyclic amines) is 1. The van der Waals surface area contributed by atoms with Gasteiger partial charge in [-0.25, -0.2) is 13.8 Å². The van der Waals surface area contributed by atoms with E-state index in [-0.39, 0.29) is 17.6 Å². The Morgan fingerprint density at radius 1 is 1.00 bits per heavy atom. The Labute approximate surface area is 231 Å². The first kappa shape index (κ1) is 26.8. The molecule has 0 unspecified atom stereocenters.